The second kappa shape index (κ2) is 14.1. The molecule has 1 N–H and O–H groups in total. The van der Waals surface area contributed by atoms with Crippen LogP contribution in [0.5, 0.6) is 5.75 Å². The van der Waals surface area contributed by atoms with Gasteiger partial charge in [-0.15, -0.1) is 0 Å². The number of amides is 2. The molecule has 1 atom stereocenters. The molecule has 1 unspecified atom stereocenters. The van der Waals surface area contributed by atoms with E-state index in [9.17, 15) is 31.2 Å². The maximum atomic E-state index is 13.5. The van der Waals surface area contributed by atoms with Gasteiger partial charge >= 0.3 is 6.18 Å². The quantitative estimate of drug-likeness (QED) is 0.366. The molecule has 41 heavy (non-hydrogen) atoms. The van der Waals surface area contributed by atoms with Crippen LogP contribution in [0.4, 0.5) is 18.9 Å². The van der Waals surface area contributed by atoms with E-state index in [1.807, 2.05) is 0 Å². The summed E-state index contributed by atoms with van der Waals surface area (Å²) in [5.74, 6) is 0.00951. The molecular formula is C29H38F3N3O5S. The molecule has 0 heterocycles. The van der Waals surface area contributed by atoms with Gasteiger partial charge in [0.2, 0.25) is 21.8 Å². The molecule has 8 nitrogen and oxygen atoms in total. The Kier molecular flexibility index (Phi) is 11.1. The smallest absolute Gasteiger partial charge is 0.416 e. The summed E-state index contributed by atoms with van der Waals surface area (Å²) in [5.41, 5.74) is -0.327. The summed E-state index contributed by atoms with van der Waals surface area (Å²) in [6, 6.07) is 10.4. The number of carbonyl (C=O) groups excluding carboxylic acids is 2. The zero-order valence-corrected chi connectivity index (χ0v) is 24.4. The Labute approximate surface area is 239 Å². The molecule has 2 aromatic rings. The molecule has 0 radical (unpaired) electrons. The van der Waals surface area contributed by atoms with Crippen molar-refractivity contribution in [3.05, 3.63) is 59.7 Å². The number of nitrogens with one attached hydrogen (secondary N) is 1. The van der Waals surface area contributed by atoms with Crippen LogP contribution in [-0.2, 0) is 32.3 Å². The Morgan fingerprint density at radius 1 is 1.07 bits per heavy atom. The fourth-order valence-electron chi connectivity index (χ4n) is 4.92. The van der Waals surface area contributed by atoms with Crippen LogP contribution in [-0.4, -0.2) is 57.1 Å². The van der Waals surface area contributed by atoms with Crippen molar-refractivity contribution < 1.29 is 35.9 Å². The number of nitrogens with zero attached hydrogens (tertiary/aromatic N) is 2. The van der Waals surface area contributed by atoms with Crippen molar-refractivity contribution in [1.29, 1.82) is 0 Å². The first-order valence-corrected chi connectivity index (χ1v) is 15.5. The Morgan fingerprint density at radius 2 is 1.73 bits per heavy atom. The normalized spacial score (nSPS) is 15.2. The topological polar surface area (TPSA) is 96.0 Å². The van der Waals surface area contributed by atoms with Crippen molar-refractivity contribution in [1.82, 2.24) is 10.2 Å². The molecule has 0 bridgehead atoms. The minimum absolute atomic E-state index is 0.0399. The van der Waals surface area contributed by atoms with Crippen molar-refractivity contribution in [3.8, 4) is 5.75 Å². The lowest BCUT2D eigenvalue weighted by atomic mass is 9.95. The molecule has 1 saturated carbocycles. The third-order valence-electron chi connectivity index (χ3n) is 7.24. The lowest BCUT2D eigenvalue weighted by Gasteiger charge is -2.31. The molecule has 2 amide bonds. The molecule has 2 aromatic carbocycles. The first-order valence-electron chi connectivity index (χ1n) is 13.7. The van der Waals surface area contributed by atoms with Gasteiger partial charge in [0.05, 0.1) is 24.6 Å². The van der Waals surface area contributed by atoms with Crippen LogP contribution in [0.25, 0.3) is 0 Å². The van der Waals surface area contributed by atoms with Crippen LogP contribution < -0.4 is 14.4 Å². The monoisotopic (exact) mass is 597 g/mol. The highest BCUT2D eigenvalue weighted by molar-refractivity contribution is 7.92. The summed E-state index contributed by atoms with van der Waals surface area (Å²) in [5, 5.41) is 3.06. The number of rotatable bonds is 12. The average molecular weight is 598 g/mol. The van der Waals surface area contributed by atoms with Crippen molar-refractivity contribution in [2.75, 3.05) is 24.2 Å². The number of sulfonamides is 1. The highest BCUT2D eigenvalue weighted by Crippen LogP contribution is 2.32. The summed E-state index contributed by atoms with van der Waals surface area (Å²) >= 11 is 0. The maximum absolute atomic E-state index is 13.5. The lowest BCUT2D eigenvalue weighted by Crippen LogP contribution is -2.50. The van der Waals surface area contributed by atoms with E-state index in [4.69, 9.17) is 4.74 Å². The fourth-order valence-corrected chi connectivity index (χ4v) is 5.88. The first kappa shape index (κ1) is 32.2. The van der Waals surface area contributed by atoms with E-state index in [2.05, 4.69) is 5.32 Å². The fraction of sp³-hybridized carbons (Fsp3) is 0.517. The van der Waals surface area contributed by atoms with Gasteiger partial charge in [-0.05, 0) is 62.1 Å². The Hall–Kier alpha value is -3.28. The third-order valence-corrected chi connectivity index (χ3v) is 8.44. The summed E-state index contributed by atoms with van der Waals surface area (Å²) in [6.45, 7) is 1.60. The van der Waals surface area contributed by atoms with Gasteiger partial charge in [-0.25, -0.2) is 8.42 Å². The van der Waals surface area contributed by atoms with E-state index in [1.165, 1.54) is 11.0 Å². The Morgan fingerprint density at radius 3 is 2.32 bits per heavy atom. The van der Waals surface area contributed by atoms with Gasteiger partial charge < -0.3 is 15.0 Å². The second-order valence-corrected chi connectivity index (χ2v) is 12.3. The Balaban J connectivity index is 1.75. The van der Waals surface area contributed by atoms with Gasteiger partial charge in [-0.1, -0.05) is 37.5 Å². The molecule has 0 saturated heterocycles. The summed E-state index contributed by atoms with van der Waals surface area (Å²) in [6.07, 6.45) is 1.19. The van der Waals surface area contributed by atoms with Crippen LogP contribution in [0.15, 0.2) is 48.5 Å². The molecule has 1 aliphatic carbocycles. The lowest BCUT2D eigenvalue weighted by molar-refractivity contribution is -0.141. The highest BCUT2D eigenvalue weighted by Gasteiger charge is 2.32. The first-order chi connectivity index (χ1) is 19.3. The molecule has 3 rings (SSSR count). The number of hydrogen-bond donors (Lipinski definition) is 1. The molecule has 0 aliphatic heterocycles. The number of methoxy groups -OCH3 is 1. The van der Waals surface area contributed by atoms with Gasteiger partial charge in [-0.3, -0.25) is 13.9 Å². The van der Waals surface area contributed by atoms with Crippen LogP contribution in [0, 0.1) is 0 Å². The third kappa shape index (κ3) is 9.37. The van der Waals surface area contributed by atoms with Crippen molar-refractivity contribution in [2.45, 2.75) is 76.7 Å². The molecule has 1 fully saturated rings. The van der Waals surface area contributed by atoms with E-state index < -0.39 is 27.8 Å². The highest BCUT2D eigenvalue weighted by atomic mass is 32.2. The SMILES string of the molecule is COc1ccc(CN(C(=O)CCCN(c2cccc(C(F)(F)F)c2)S(C)(=O)=O)C(C)C(=O)NC2CCCCC2)cc1. The van der Waals surface area contributed by atoms with E-state index in [0.717, 1.165) is 66.4 Å². The van der Waals surface area contributed by atoms with Crippen molar-refractivity contribution in [3.63, 3.8) is 0 Å². The van der Waals surface area contributed by atoms with Crippen LogP contribution in [0.3, 0.4) is 0 Å². The minimum Gasteiger partial charge on any atom is -0.497 e. The van der Waals surface area contributed by atoms with E-state index in [0.29, 0.717) is 5.75 Å². The summed E-state index contributed by atoms with van der Waals surface area (Å²) in [7, 11) is -2.39. The molecule has 12 heteroatoms. The Bertz CT molecular complexity index is 1280. The van der Waals surface area contributed by atoms with Crippen LogP contribution in [0.2, 0.25) is 0 Å². The molecule has 0 aromatic heterocycles. The maximum Gasteiger partial charge on any atom is 0.416 e. The van der Waals surface area contributed by atoms with Crippen molar-refractivity contribution >= 4 is 27.5 Å². The molecule has 1 aliphatic rings. The van der Waals surface area contributed by atoms with E-state index >= 15 is 0 Å². The van der Waals surface area contributed by atoms with Gasteiger partial charge in [0, 0.05) is 25.6 Å². The molecule has 0 spiro atoms. The van der Waals surface area contributed by atoms with Gasteiger partial charge in [0.25, 0.3) is 0 Å². The molecule has 226 valence electrons. The second-order valence-electron chi connectivity index (χ2n) is 10.4. The standard InChI is InChI=1S/C29H38F3N3O5S/c1-21(28(37)33-24-10-5-4-6-11-24)34(20-22-14-16-26(40-2)17-15-22)27(36)13-8-18-35(41(3,38)39)25-12-7-9-23(19-25)29(30,31)32/h7,9,12,14-17,19,21,24H,4-6,8,10-11,13,18,20H2,1-3H3,(H,33,37). The number of benzene rings is 2. The number of hydrogen-bond acceptors (Lipinski definition) is 5. The largest absolute Gasteiger partial charge is 0.497 e. The van der Waals surface area contributed by atoms with E-state index in [1.54, 1.807) is 38.3 Å². The van der Waals surface area contributed by atoms with Crippen molar-refractivity contribution in [2.24, 2.45) is 0 Å². The summed E-state index contributed by atoms with van der Waals surface area (Å²) < 4.78 is 70.7. The average Bonchev–Trinajstić information content (AvgIpc) is 2.93. The predicted molar refractivity (Wildman–Crippen MR) is 151 cm³/mol. The zero-order valence-electron chi connectivity index (χ0n) is 23.6. The number of ether oxygens (including phenoxy) is 1. The number of carbonyl (C=O) groups is 2. The van der Waals surface area contributed by atoms with Gasteiger partial charge in [-0.2, -0.15) is 13.2 Å². The minimum atomic E-state index is -4.63. The number of anilines is 1. The summed E-state index contributed by atoms with van der Waals surface area (Å²) in [4.78, 5) is 28.1. The molecular weight excluding hydrogens is 559 g/mol. The van der Waals surface area contributed by atoms with Crippen LogP contribution in [0.1, 0.15) is 63.0 Å². The zero-order chi connectivity index (χ0) is 30.2. The predicted octanol–water partition coefficient (Wildman–Crippen LogP) is 5.13. The van der Waals surface area contributed by atoms with Crippen LogP contribution >= 0.6 is 0 Å². The number of alkyl halides is 3. The van der Waals surface area contributed by atoms with E-state index in [-0.39, 0.29) is 49.5 Å². The van der Waals surface area contributed by atoms with Gasteiger partial charge in [0.15, 0.2) is 0 Å². The number of halogens is 3. The van der Waals surface area contributed by atoms with Gasteiger partial charge in [0.1, 0.15) is 11.8 Å².